The van der Waals surface area contributed by atoms with Crippen LogP contribution >= 0.6 is 0 Å². The Balaban J connectivity index is 1.29. The van der Waals surface area contributed by atoms with Gasteiger partial charge in [-0.3, -0.25) is 0 Å². The van der Waals surface area contributed by atoms with E-state index >= 15 is 0 Å². The highest BCUT2D eigenvalue weighted by Gasteiger charge is 2.53. The zero-order chi connectivity index (χ0) is 28.3. The number of fused-ring (bicyclic) bond motifs is 2. The summed E-state index contributed by atoms with van der Waals surface area (Å²) < 4.78 is 0. The molecule has 0 bridgehead atoms. The van der Waals surface area contributed by atoms with Crippen LogP contribution in [0.5, 0.6) is 0 Å². The van der Waals surface area contributed by atoms with Crippen LogP contribution in [-0.2, 0) is 12.8 Å². The number of benzene rings is 6. The molecule has 2 heterocycles. The summed E-state index contributed by atoms with van der Waals surface area (Å²) in [7, 11) is 4.17. The lowest BCUT2D eigenvalue weighted by Gasteiger charge is -2.49. The average molecular weight is 551 g/mol. The molecule has 6 aromatic rings. The van der Waals surface area contributed by atoms with E-state index in [4.69, 9.17) is 0 Å². The van der Waals surface area contributed by atoms with E-state index in [1.54, 1.807) is 0 Å². The van der Waals surface area contributed by atoms with Crippen LogP contribution < -0.4 is 9.80 Å². The van der Waals surface area contributed by atoms with E-state index in [1.165, 1.54) is 44.0 Å². The molecule has 0 amide bonds. The molecular formula is C38H34N2O2. The number of nitrogens with zero attached hydrogens (tertiary/aromatic N) is 2. The molecule has 42 heavy (non-hydrogen) atoms. The standard InChI is InChI=1S/C38H34N2O2/c1-39(2)35-25-13-5-3-11-23(25)31(24-12-4-6-14-26(24)35)33-37(41)34(38(33)42)32-27-15-7-9-21-17-19-40-20-18-22-10-8-16-28(32)30(22)36(40)29(21)27/h3-16,33-34,37-38,41-42H,17-20H2,1-2H3. The first kappa shape index (κ1) is 24.5. The van der Waals surface area contributed by atoms with Crippen LogP contribution in [0.1, 0.15) is 34.1 Å². The molecule has 2 N–H and O–H groups in total. The van der Waals surface area contributed by atoms with Crippen molar-refractivity contribution >= 4 is 54.5 Å². The van der Waals surface area contributed by atoms with E-state index in [2.05, 4.69) is 109 Å². The number of rotatable bonds is 3. The summed E-state index contributed by atoms with van der Waals surface area (Å²) in [6.07, 6.45) is 0.658. The summed E-state index contributed by atoms with van der Waals surface area (Å²) in [6, 6.07) is 30.3. The van der Waals surface area contributed by atoms with Gasteiger partial charge in [-0.1, -0.05) is 84.9 Å². The molecule has 1 saturated carbocycles. The van der Waals surface area contributed by atoms with E-state index in [9.17, 15) is 10.2 Å². The Kier molecular flexibility index (Phi) is 5.07. The van der Waals surface area contributed by atoms with Gasteiger partial charge in [0.05, 0.1) is 23.6 Å². The van der Waals surface area contributed by atoms with E-state index in [1.807, 2.05) is 0 Å². The molecule has 0 radical (unpaired) electrons. The third-order valence-electron chi connectivity index (χ3n) is 10.5. The number of anilines is 2. The van der Waals surface area contributed by atoms with E-state index < -0.39 is 12.2 Å². The minimum atomic E-state index is -0.705. The summed E-state index contributed by atoms with van der Waals surface area (Å²) in [4.78, 5) is 4.74. The summed E-state index contributed by atoms with van der Waals surface area (Å²) in [5.41, 5.74) is 7.48. The van der Waals surface area contributed by atoms with Gasteiger partial charge in [-0.15, -0.1) is 0 Å². The molecule has 2 aliphatic heterocycles. The van der Waals surface area contributed by atoms with Gasteiger partial charge in [0.1, 0.15) is 0 Å². The molecule has 4 nitrogen and oxygen atoms in total. The number of aliphatic hydroxyl groups is 2. The lowest BCUT2D eigenvalue weighted by molar-refractivity contribution is -0.0765. The highest BCUT2D eigenvalue weighted by atomic mass is 16.3. The Morgan fingerprint density at radius 2 is 1.00 bits per heavy atom. The van der Waals surface area contributed by atoms with Gasteiger partial charge in [-0.05, 0) is 56.6 Å². The molecule has 6 aromatic carbocycles. The van der Waals surface area contributed by atoms with Crippen molar-refractivity contribution in [2.75, 3.05) is 37.0 Å². The Labute approximate surface area is 245 Å². The maximum atomic E-state index is 12.2. The predicted octanol–water partition coefficient (Wildman–Crippen LogP) is 6.89. The second-order valence-electron chi connectivity index (χ2n) is 12.7. The Morgan fingerprint density at radius 3 is 1.48 bits per heavy atom. The first-order valence-electron chi connectivity index (χ1n) is 15.3. The quantitative estimate of drug-likeness (QED) is 0.236. The van der Waals surface area contributed by atoms with Crippen molar-refractivity contribution in [2.24, 2.45) is 0 Å². The van der Waals surface area contributed by atoms with Crippen molar-refractivity contribution < 1.29 is 10.2 Å². The highest BCUT2D eigenvalue weighted by molar-refractivity contribution is 6.18. The monoisotopic (exact) mass is 550 g/mol. The highest BCUT2D eigenvalue weighted by Crippen LogP contribution is 2.57. The first-order chi connectivity index (χ1) is 20.5. The van der Waals surface area contributed by atoms with Gasteiger partial charge in [-0.25, -0.2) is 0 Å². The number of aliphatic hydroxyl groups excluding tert-OH is 2. The first-order valence-corrected chi connectivity index (χ1v) is 15.3. The Bertz CT molecular complexity index is 1960. The second kappa shape index (κ2) is 8.70. The van der Waals surface area contributed by atoms with E-state index in [-0.39, 0.29) is 11.8 Å². The average Bonchev–Trinajstić information content (AvgIpc) is 3.02. The van der Waals surface area contributed by atoms with Gasteiger partial charge >= 0.3 is 0 Å². The molecule has 0 aromatic heterocycles. The van der Waals surface area contributed by atoms with Crippen LogP contribution in [0.15, 0.2) is 84.9 Å². The molecule has 0 saturated heterocycles. The van der Waals surface area contributed by atoms with Crippen LogP contribution in [0.4, 0.5) is 11.4 Å². The molecule has 3 aliphatic rings. The summed E-state index contributed by atoms with van der Waals surface area (Å²) in [6.45, 7) is 2.10. The zero-order valence-corrected chi connectivity index (χ0v) is 24.0. The number of hydrogen-bond donors (Lipinski definition) is 2. The lowest BCUT2D eigenvalue weighted by atomic mass is 9.60. The van der Waals surface area contributed by atoms with E-state index in [0.29, 0.717) is 0 Å². The lowest BCUT2D eigenvalue weighted by Crippen LogP contribution is -2.52. The normalized spacial score (nSPS) is 22.8. The van der Waals surface area contributed by atoms with Crippen LogP contribution in [0.25, 0.3) is 43.1 Å². The number of hydrogen-bond acceptors (Lipinski definition) is 4. The van der Waals surface area contributed by atoms with Gasteiger partial charge in [-0.2, -0.15) is 0 Å². The molecule has 2 unspecified atom stereocenters. The van der Waals surface area contributed by atoms with Crippen LogP contribution in [0.2, 0.25) is 0 Å². The fourth-order valence-corrected chi connectivity index (χ4v) is 8.79. The summed E-state index contributed by atoms with van der Waals surface area (Å²) >= 11 is 0. The van der Waals surface area contributed by atoms with Crippen LogP contribution in [0.3, 0.4) is 0 Å². The smallest absolute Gasteiger partial charge is 0.0728 e. The maximum absolute atomic E-state index is 12.2. The zero-order valence-electron chi connectivity index (χ0n) is 24.0. The van der Waals surface area contributed by atoms with Gasteiger partial charge in [0.2, 0.25) is 0 Å². The fourth-order valence-electron chi connectivity index (χ4n) is 8.79. The van der Waals surface area contributed by atoms with E-state index in [0.717, 1.165) is 58.6 Å². The topological polar surface area (TPSA) is 46.9 Å². The van der Waals surface area contributed by atoms with Gasteiger partial charge < -0.3 is 20.0 Å². The minimum absolute atomic E-state index is 0.363. The van der Waals surface area contributed by atoms with Crippen molar-refractivity contribution in [1.82, 2.24) is 0 Å². The van der Waals surface area contributed by atoms with Gasteiger partial charge in [0.25, 0.3) is 0 Å². The minimum Gasteiger partial charge on any atom is -0.392 e. The molecule has 1 fully saturated rings. The maximum Gasteiger partial charge on any atom is 0.0728 e. The van der Waals surface area contributed by atoms with Crippen molar-refractivity contribution in [3.05, 3.63) is 107 Å². The Morgan fingerprint density at radius 1 is 0.571 bits per heavy atom. The van der Waals surface area contributed by atoms with Crippen LogP contribution in [0, 0.1) is 0 Å². The summed E-state index contributed by atoms with van der Waals surface area (Å²) in [5, 5.41) is 34.0. The summed E-state index contributed by atoms with van der Waals surface area (Å²) in [5.74, 6) is -0.743. The fraction of sp³-hybridized carbons (Fsp3) is 0.263. The van der Waals surface area contributed by atoms with Crippen LogP contribution in [-0.4, -0.2) is 49.6 Å². The third kappa shape index (κ3) is 3.04. The second-order valence-corrected chi connectivity index (χ2v) is 12.7. The van der Waals surface area contributed by atoms with Crippen molar-refractivity contribution in [3.8, 4) is 0 Å². The molecular weight excluding hydrogens is 516 g/mol. The van der Waals surface area contributed by atoms with Gasteiger partial charge in [0.15, 0.2) is 0 Å². The molecule has 2 atom stereocenters. The van der Waals surface area contributed by atoms with Gasteiger partial charge in [0, 0.05) is 60.6 Å². The third-order valence-corrected chi connectivity index (χ3v) is 10.5. The SMILES string of the molecule is CN(C)c1c2ccccc2c(C2C(O)C(c3c4cccc5c4c4c6c(cccc36)CCN4CC5)C2O)c2ccccc12. The molecule has 1 aliphatic carbocycles. The molecule has 4 heteroatoms. The molecule has 9 rings (SSSR count). The predicted molar refractivity (Wildman–Crippen MR) is 174 cm³/mol. The Hall–Kier alpha value is -4.12. The van der Waals surface area contributed by atoms with Crippen molar-refractivity contribution in [1.29, 1.82) is 0 Å². The van der Waals surface area contributed by atoms with Crippen molar-refractivity contribution in [3.63, 3.8) is 0 Å². The molecule has 0 spiro atoms. The molecule has 208 valence electrons. The van der Waals surface area contributed by atoms with Crippen molar-refractivity contribution in [2.45, 2.75) is 36.9 Å². The largest absolute Gasteiger partial charge is 0.392 e.